The number of sulfonamides is 1. The van der Waals surface area contributed by atoms with Crippen LogP contribution in [-0.2, 0) is 21.2 Å². The number of nitrogens with one attached hydrogen (secondary N) is 1. The van der Waals surface area contributed by atoms with Gasteiger partial charge in [-0.3, -0.25) is 9.10 Å². The Hall–Kier alpha value is -3.52. The number of amides is 1. The third kappa shape index (κ3) is 7.75. The monoisotopic (exact) mass is 496 g/mol. The Labute approximate surface area is 207 Å². The van der Waals surface area contributed by atoms with Crippen LogP contribution in [0, 0.1) is 0 Å². The molecule has 0 unspecified atom stereocenters. The van der Waals surface area contributed by atoms with Crippen LogP contribution < -0.4 is 19.1 Å². The van der Waals surface area contributed by atoms with E-state index in [-0.39, 0.29) is 13.2 Å². The van der Waals surface area contributed by atoms with Crippen molar-refractivity contribution in [3.05, 3.63) is 84.4 Å². The Morgan fingerprint density at radius 3 is 2.11 bits per heavy atom. The molecule has 186 valence electrons. The Bertz CT molecular complexity index is 1180. The summed E-state index contributed by atoms with van der Waals surface area (Å²) in [7, 11) is -3.72. The van der Waals surface area contributed by atoms with E-state index in [9.17, 15) is 13.2 Å². The highest BCUT2D eigenvalue weighted by Crippen LogP contribution is 2.27. The second kappa shape index (κ2) is 12.3. The van der Waals surface area contributed by atoms with Crippen molar-refractivity contribution >= 4 is 21.6 Å². The molecule has 0 saturated heterocycles. The molecule has 35 heavy (non-hydrogen) atoms. The zero-order valence-corrected chi connectivity index (χ0v) is 21.1. The van der Waals surface area contributed by atoms with Crippen LogP contribution in [0.15, 0.2) is 78.9 Å². The first-order chi connectivity index (χ1) is 16.8. The summed E-state index contributed by atoms with van der Waals surface area (Å²) < 4.78 is 37.6. The topological polar surface area (TPSA) is 84.9 Å². The lowest BCUT2D eigenvalue weighted by Crippen LogP contribution is -2.48. The first-order valence-corrected chi connectivity index (χ1v) is 13.4. The van der Waals surface area contributed by atoms with Crippen molar-refractivity contribution in [1.29, 1.82) is 0 Å². The molecule has 0 spiro atoms. The molecule has 0 heterocycles. The lowest BCUT2D eigenvalue weighted by atomic mass is 10.1. The number of hydrogen-bond donors (Lipinski definition) is 1. The fourth-order valence-electron chi connectivity index (χ4n) is 3.63. The van der Waals surface area contributed by atoms with Gasteiger partial charge in [-0.05, 0) is 67.4 Å². The highest BCUT2D eigenvalue weighted by molar-refractivity contribution is 7.92. The number of benzene rings is 3. The van der Waals surface area contributed by atoms with E-state index in [1.54, 1.807) is 31.2 Å². The van der Waals surface area contributed by atoms with E-state index in [4.69, 9.17) is 9.47 Å². The number of anilines is 1. The molecule has 1 amide bonds. The molecule has 3 aromatic carbocycles. The first-order valence-electron chi connectivity index (χ1n) is 11.6. The van der Waals surface area contributed by atoms with E-state index in [0.717, 1.165) is 29.2 Å². The number of carbonyl (C=O) groups is 1. The van der Waals surface area contributed by atoms with E-state index in [1.165, 1.54) is 5.56 Å². The van der Waals surface area contributed by atoms with Gasteiger partial charge in [0.15, 0.2) is 0 Å². The van der Waals surface area contributed by atoms with Gasteiger partial charge in [0.05, 0.1) is 18.5 Å². The minimum atomic E-state index is -3.72. The summed E-state index contributed by atoms with van der Waals surface area (Å²) in [6.07, 6.45) is 3.19. The van der Waals surface area contributed by atoms with Gasteiger partial charge in [0.2, 0.25) is 15.9 Å². The van der Waals surface area contributed by atoms with Crippen LogP contribution in [0.1, 0.15) is 25.8 Å². The first kappa shape index (κ1) is 26.1. The molecule has 0 fully saturated rings. The second-order valence-electron chi connectivity index (χ2n) is 8.18. The smallest absolute Gasteiger partial charge is 0.243 e. The van der Waals surface area contributed by atoms with E-state index < -0.39 is 22.0 Å². The lowest BCUT2D eigenvalue weighted by molar-refractivity contribution is -0.121. The molecule has 1 atom stereocenters. The molecule has 0 aromatic heterocycles. The molecule has 0 aliphatic carbocycles. The number of aryl methyl sites for hydroxylation is 1. The highest BCUT2D eigenvalue weighted by Gasteiger charge is 2.29. The van der Waals surface area contributed by atoms with E-state index in [2.05, 4.69) is 12.2 Å². The van der Waals surface area contributed by atoms with Crippen LogP contribution in [-0.4, -0.2) is 39.8 Å². The molecular formula is C27H32N2O5S. The summed E-state index contributed by atoms with van der Waals surface area (Å²) in [6, 6.07) is 22.8. The molecule has 3 rings (SSSR count). The number of hydrogen-bond acceptors (Lipinski definition) is 5. The van der Waals surface area contributed by atoms with Gasteiger partial charge in [0, 0.05) is 0 Å². The maximum Gasteiger partial charge on any atom is 0.243 e. The summed E-state index contributed by atoms with van der Waals surface area (Å²) >= 11 is 0. The van der Waals surface area contributed by atoms with Gasteiger partial charge in [-0.15, -0.1) is 0 Å². The molecule has 1 N–H and O–H groups in total. The quantitative estimate of drug-likeness (QED) is 0.365. The van der Waals surface area contributed by atoms with Crippen LogP contribution in [0.5, 0.6) is 17.2 Å². The van der Waals surface area contributed by atoms with Crippen LogP contribution in [0.3, 0.4) is 0 Å². The third-order valence-corrected chi connectivity index (χ3v) is 6.53. The zero-order chi connectivity index (χ0) is 25.3. The van der Waals surface area contributed by atoms with Crippen molar-refractivity contribution in [1.82, 2.24) is 5.32 Å². The summed E-state index contributed by atoms with van der Waals surface area (Å²) in [5.74, 6) is 1.54. The number of rotatable bonds is 12. The van der Waals surface area contributed by atoms with Crippen molar-refractivity contribution in [3.63, 3.8) is 0 Å². The van der Waals surface area contributed by atoms with E-state index in [1.807, 2.05) is 54.6 Å². The molecule has 0 radical (unpaired) electrons. The molecule has 0 bridgehead atoms. The van der Waals surface area contributed by atoms with Gasteiger partial charge in [0.25, 0.3) is 0 Å². The van der Waals surface area contributed by atoms with Crippen molar-refractivity contribution in [2.45, 2.75) is 32.7 Å². The largest absolute Gasteiger partial charge is 0.492 e. The minimum Gasteiger partial charge on any atom is -0.492 e. The predicted octanol–water partition coefficient (Wildman–Crippen LogP) is 4.78. The third-order valence-electron chi connectivity index (χ3n) is 5.29. The average Bonchev–Trinajstić information content (AvgIpc) is 2.84. The standard InChI is InChI=1S/C27H32N2O5S/c1-4-8-22-11-15-24(16-12-22)33-20-19-28-27(30)21(2)29(35(3,31)32)23-13-17-26(18-14-23)34-25-9-6-5-7-10-25/h5-7,9-18,21H,4,8,19-20H2,1-3H3,(H,28,30)/t21-/m0/s1. The SMILES string of the molecule is CCCc1ccc(OCCNC(=O)[C@H](C)N(c2ccc(Oc3ccccc3)cc2)S(C)(=O)=O)cc1. The number of carbonyl (C=O) groups excluding carboxylic acids is 1. The Balaban J connectivity index is 1.57. The fourth-order valence-corrected chi connectivity index (χ4v) is 4.80. The predicted molar refractivity (Wildman–Crippen MR) is 139 cm³/mol. The maximum absolute atomic E-state index is 12.7. The molecule has 3 aromatic rings. The van der Waals surface area contributed by atoms with Gasteiger partial charge in [-0.2, -0.15) is 0 Å². The average molecular weight is 497 g/mol. The van der Waals surface area contributed by atoms with Crippen LogP contribution in [0.25, 0.3) is 0 Å². The minimum absolute atomic E-state index is 0.251. The van der Waals surface area contributed by atoms with Crippen molar-refractivity contribution < 1.29 is 22.7 Å². The van der Waals surface area contributed by atoms with Gasteiger partial charge < -0.3 is 14.8 Å². The molecule has 7 nitrogen and oxygen atoms in total. The number of para-hydroxylation sites is 1. The Morgan fingerprint density at radius 2 is 1.51 bits per heavy atom. The zero-order valence-electron chi connectivity index (χ0n) is 20.3. The van der Waals surface area contributed by atoms with Crippen molar-refractivity contribution in [2.75, 3.05) is 23.7 Å². The van der Waals surface area contributed by atoms with Crippen LogP contribution in [0.4, 0.5) is 5.69 Å². The highest BCUT2D eigenvalue weighted by atomic mass is 32.2. The lowest BCUT2D eigenvalue weighted by Gasteiger charge is -2.28. The normalized spacial score (nSPS) is 12.0. The Kier molecular flexibility index (Phi) is 9.14. The summed E-state index contributed by atoms with van der Waals surface area (Å²) in [5, 5.41) is 2.76. The molecular weight excluding hydrogens is 464 g/mol. The summed E-state index contributed by atoms with van der Waals surface area (Å²) in [5.41, 5.74) is 1.63. The molecule has 8 heteroatoms. The number of ether oxygens (including phenoxy) is 2. The van der Waals surface area contributed by atoms with Gasteiger partial charge >= 0.3 is 0 Å². The second-order valence-corrected chi connectivity index (χ2v) is 10.0. The van der Waals surface area contributed by atoms with Gasteiger partial charge in [-0.25, -0.2) is 8.42 Å². The molecule has 0 saturated carbocycles. The van der Waals surface area contributed by atoms with Gasteiger partial charge in [0.1, 0.15) is 29.9 Å². The van der Waals surface area contributed by atoms with Crippen LogP contribution >= 0.6 is 0 Å². The fraction of sp³-hybridized carbons (Fsp3) is 0.296. The van der Waals surface area contributed by atoms with Crippen molar-refractivity contribution in [3.8, 4) is 17.2 Å². The summed E-state index contributed by atoms with van der Waals surface area (Å²) in [6.45, 7) is 4.21. The van der Waals surface area contributed by atoms with Crippen molar-refractivity contribution in [2.24, 2.45) is 0 Å². The number of nitrogens with zero attached hydrogens (tertiary/aromatic N) is 1. The summed E-state index contributed by atoms with van der Waals surface area (Å²) in [4.78, 5) is 12.7. The van der Waals surface area contributed by atoms with Gasteiger partial charge in [-0.1, -0.05) is 43.7 Å². The Morgan fingerprint density at radius 1 is 0.914 bits per heavy atom. The molecule has 0 aliphatic heterocycles. The molecule has 0 aliphatic rings. The van der Waals surface area contributed by atoms with E-state index in [0.29, 0.717) is 17.2 Å². The maximum atomic E-state index is 12.7. The van der Waals surface area contributed by atoms with Crippen LogP contribution in [0.2, 0.25) is 0 Å². The van der Waals surface area contributed by atoms with E-state index >= 15 is 0 Å².